The summed E-state index contributed by atoms with van der Waals surface area (Å²) in [5.41, 5.74) is 10.9. The number of rotatable bonds is 0. The van der Waals surface area contributed by atoms with Crippen LogP contribution in [0.2, 0.25) is 0 Å². The van der Waals surface area contributed by atoms with Gasteiger partial charge in [-0.3, -0.25) is 0 Å². The lowest BCUT2D eigenvalue weighted by molar-refractivity contribution is 1.45. The third-order valence-electron chi connectivity index (χ3n) is 2.60. The van der Waals surface area contributed by atoms with Crippen molar-refractivity contribution in [3.05, 3.63) is 64.7 Å². The molecule has 17 heavy (non-hydrogen) atoms. The lowest BCUT2D eigenvalue weighted by Crippen LogP contribution is -1.90. The molecule has 0 spiro atoms. The van der Waals surface area contributed by atoms with Gasteiger partial charge in [0.2, 0.25) is 0 Å². The van der Waals surface area contributed by atoms with Crippen LogP contribution >= 0.6 is 0 Å². The topological polar surface area (TPSA) is 26.0 Å². The third kappa shape index (κ3) is 2.89. The van der Waals surface area contributed by atoms with E-state index in [2.05, 4.69) is 30.9 Å². The van der Waals surface area contributed by atoms with Gasteiger partial charge in [-0.15, -0.1) is 0 Å². The highest BCUT2D eigenvalue weighted by atomic mass is 14.5. The predicted molar refractivity (Wildman–Crippen MR) is 72.8 cm³/mol. The van der Waals surface area contributed by atoms with Gasteiger partial charge in [0.05, 0.1) is 0 Å². The molecule has 2 aromatic carbocycles. The van der Waals surface area contributed by atoms with Crippen molar-refractivity contribution in [1.29, 1.82) is 0 Å². The van der Waals surface area contributed by atoms with Crippen LogP contribution in [0.3, 0.4) is 0 Å². The maximum atomic E-state index is 5.88. The Bertz CT molecular complexity index is 583. The molecule has 0 fully saturated rings. The Labute approximate surface area is 102 Å². The van der Waals surface area contributed by atoms with Crippen LogP contribution in [0.5, 0.6) is 0 Å². The van der Waals surface area contributed by atoms with Crippen molar-refractivity contribution >= 4 is 5.69 Å². The molecule has 0 radical (unpaired) electrons. The van der Waals surface area contributed by atoms with Crippen LogP contribution in [0.1, 0.15) is 22.3 Å². The summed E-state index contributed by atoms with van der Waals surface area (Å²) in [6.07, 6.45) is 0. The van der Waals surface area contributed by atoms with Gasteiger partial charge in [0, 0.05) is 16.8 Å². The predicted octanol–water partition coefficient (Wildman–Crippen LogP) is 3.29. The van der Waals surface area contributed by atoms with E-state index >= 15 is 0 Å². The van der Waals surface area contributed by atoms with E-state index in [0.717, 1.165) is 16.8 Å². The second kappa shape index (κ2) is 4.76. The highest BCUT2D eigenvalue weighted by molar-refractivity contribution is 5.58. The number of aryl methyl sites for hydroxylation is 2. The smallest absolute Gasteiger partial charge is 0.0481 e. The van der Waals surface area contributed by atoms with E-state index in [1.807, 2.05) is 37.3 Å². The quantitative estimate of drug-likeness (QED) is 0.536. The molecule has 1 heteroatoms. The van der Waals surface area contributed by atoms with E-state index in [0.29, 0.717) is 0 Å². The van der Waals surface area contributed by atoms with Gasteiger partial charge in [0.1, 0.15) is 0 Å². The van der Waals surface area contributed by atoms with Crippen LogP contribution in [-0.4, -0.2) is 0 Å². The zero-order valence-corrected chi connectivity index (χ0v) is 10.1. The van der Waals surface area contributed by atoms with Crippen LogP contribution in [0.15, 0.2) is 42.5 Å². The third-order valence-corrected chi connectivity index (χ3v) is 2.60. The summed E-state index contributed by atoms with van der Waals surface area (Å²) in [5, 5.41) is 0. The Morgan fingerprint density at radius 3 is 2.18 bits per heavy atom. The van der Waals surface area contributed by atoms with Gasteiger partial charge in [0.25, 0.3) is 0 Å². The number of nitrogen functional groups attached to an aromatic ring is 1. The number of benzene rings is 2. The van der Waals surface area contributed by atoms with Crippen molar-refractivity contribution in [2.75, 3.05) is 5.73 Å². The Morgan fingerprint density at radius 2 is 1.47 bits per heavy atom. The molecule has 0 aliphatic rings. The molecule has 84 valence electrons. The molecule has 0 aliphatic heterocycles. The first kappa shape index (κ1) is 11.3. The molecular formula is C16H15N. The van der Waals surface area contributed by atoms with Gasteiger partial charge in [-0.1, -0.05) is 35.6 Å². The Balaban J connectivity index is 2.32. The molecule has 0 amide bonds. The number of nitrogens with two attached hydrogens (primary N) is 1. The summed E-state index contributed by atoms with van der Waals surface area (Å²) < 4.78 is 0. The maximum Gasteiger partial charge on any atom is 0.0481 e. The van der Waals surface area contributed by atoms with Crippen molar-refractivity contribution < 1.29 is 0 Å². The van der Waals surface area contributed by atoms with Crippen molar-refractivity contribution in [2.45, 2.75) is 13.8 Å². The molecular weight excluding hydrogens is 206 g/mol. The fourth-order valence-corrected chi connectivity index (χ4v) is 1.55. The molecule has 1 nitrogen and oxygen atoms in total. The average molecular weight is 221 g/mol. The summed E-state index contributed by atoms with van der Waals surface area (Å²) in [7, 11) is 0. The number of hydrogen-bond acceptors (Lipinski definition) is 1. The van der Waals surface area contributed by atoms with Gasteiger partial charge in [-0.25, -0.2) is 0 Å². The van der Waals surface area contributed by atoms with Crippen molar-refractivity contribution in [1.82, 2.24) is 0 Å². The molecule has 0 atom stereocenters. The molecule has 2 N–H and O–H groups in total. The lowest BCUT2D eigenvalue weighted by Gasteiger charge is -1.99. The normalized spacial score (nSPS) is 9.53. The minimum atomic E-state index is 0.732. The van der Waals surface area contributed by atoms with Crippen molar-refractivity contribution in [3.8, 4) is 11.8 Å². The Hall–Kier alpha value is -2.20. The first-order chi connectivity index (χ1) is 8.15. The van der Waals surface area contributed by atoms with Gasteiger partial charge in [0.15, 0.2) is 0 Å². The highest BCUT2D eigenvalue weighted by Gasteiger charge is 1.95. The molecule has 2 rings (SSSR count). The molecule has 0 heterocycles. The van der Waals surface area contributed by atoms with E-state index in [4.69, 9.17) is 5.73 Å². The summed E-state index contributed by atoms with van der Waals surface area (Å²) >= 11 is 0. The van der Waals surface area contributed by atoms with E-state index in [1.54, 1.807) is 0 Å². The SMILES string of the molecule is Cc1ccc(C#Cc2cc(C)ccc2N)cc1. The number of hydrogen-bond donors (Lipinski definition) is 1. The lowest BCUT2D eigenvalue weighted by atomic mass is 10.1. The van der Waals surface area contributed by atoms with E-state index in [1.165, 1.54) is 11.1 Å². The second-order valence-corrected chi connectivity index (χ2v) is 4.21. The second-order valence-electron chi connectivity index (χ2n) is 4.21. The number of anilines is 1. The average Bonchev–Trinajstić information content (AvgIpc) is 2.32. The molecule has 0 saturated carbocycles. The van der Waals surface area contributed by atoms with E-state index in [-0.39, 0.29) is 0 Å². The maximum absolute atomic E-state index is 5.88. The Morgan fingerprint density at radius 1 is 0.824 bits per heavy atom. The van der Waals surface area contributed by atoms with Crippen LogP contribution < -0.4 is 5.73 Å². The van der Waals surface area contributed by atoms with Crippen LogP contribution in [0.4, 0.5) is 5.69 Å². The van der Waals surface area contributed by atoms with Crippen LogP contribution in [0.25, 0.3) is 0 Å². The zero-order chi connectivity index (χ0) is 12.3. The zero-order valence-electron chi connectivity index (χ0n) is 10.1. The summed E-state index contributed by atoms with van der Waals surface area (Å²) in [6, 6.07) is 14.1. The van der Waals surface area contributed by atoms with Crippen LogP contribution in [0, 0.1) is 25.7 Å². The molecule has 0 bridgehead atoms. The summed E-state index contributed by atoms with van der Waals surface area (Å²) in [5.74, 6) is 6.24. The van der Waals surface area contributed by atoms with Gasteiger partial charge >= 0.3 is 0 Å². The Kier molecular flexibility index (Phi) is 3.16. The largest absolute Gasteiger partial charge is 0.398 e. The van der Waals surface area contributed by atoms with Crippen molar-refractivity contribution in [3.63, 3.8) is 0 Å². The first-order valence-corrected chi connectivity index (χ1v) is 5.60. The minimum Gasteiger partial charge on any atom is -0.398 e. The minimum absolute atomic E-state index is 0.732. The monoisotopic (exact) mass is 221 g/mol. The van der Waals surface area contributed by atoms with Crippen LogP contribution in [-0.2, 0) is 0 Å². The van der Waals surface area contributed by atoms with E-state index in [9.17, 15) is 0 Å². The fourth-order valence-electron chi connectivity index (χ4n) is 1.55. The summed E-state index contributed by atoms with van der Waals surface area (Å²) in [4.78, 5) is 0. The standard InChI is InChI=1S/C16H15N/c1-12-3-6-14(7-4-12)8-9-15-11-13(2)5-10-16(15)17/h3-7,10-11H,17H2,1-2H3. The van der Waals surface area contributed by atoms with E-state index < -0.39 is 0 Å². The molecule has 2 aromatic rings. The highest BCUT2D eigenvalue weighted by Crippen LogP contribution is 2.12. The van der Waals surface area contributed by atoms with Gasteiger partial charge < -0.3 is 5.73 Å². The molecule has 0 aliphatic carbocycles. The molecule has 0 unspecified atom stereocenters. The first-order valence-electron chi connectivity index (χ1n) is 5.60. The fraction of sp³-hybridized carbons (Fsp3) is 0.125. The molecule has 0 aromatic heterocycles. The molecule has 0 saturated heterocycles. The van der Waals surface area contributed by atoms with Gasteiger partial charge in [-0.05, 0) is 43.7 Å². The van der Waals surface area contributed by atoms with Crippen molar-refractivity contribution in [2.24, 2.45) is 0 Å². The summed E-state index contributed by atoms with van der Waals surface area (Å²) in [6.45, 7) is 4.10. The van der Waals surface area contributed by atoms with Gasteiger partial charge in [-0.2, -0.15) is 0 Å².